The number of nitrogens with zero attached hydrogens (tertiary/aromatic N) is 3. The van der Waals surface area contributed by atoms with Gasteiger partial charge in [0, 0.05) is 98.9 Å². The summed E-state index contributed by atoms with van der Waals surface area (Å²) in [6.07, 6.45) is 0.727. The summed E-state index contributed by atoms with van der Waals surface area (Å²) in [6, 6.07) is 5.45. The summed E-state index contributed by atoms with van der Waals surface area (Å²) in [4.78, 5) is 53.3. The second-order valence-electron chi connectivity index (χ2n) is 23.7. The standard InChI is InChI=1S/C58H86Cl2IN3O15S/c1-30-25-57(8,72-14)51(77-54-47(66)41(63(10)11)23-31(2)73-54)33(4)48(76-44-26-56(7,71-13)50(67)35(6)74-44)34(5)52(68)78-55(61)58(9)45(32(3)46(30)65)49(53(69)79-58)80-22-21-64(29-38-39(59)27-62-28-40(38)60)36-19-20-42(70-12)43(24-36)75-37-17-15-16-18-37/h19-20,24,27-28,30-35,37,41,44-45,47-51,54-55,66-67H,15-18,21-23,25-26,29H2,1-14H3/t30-,31-,32-,33+,34-,35+,41+,44+,45+,47-,48+,49?,50+,51-,54+,55+,56-,57-,58+/m1/s1. The van der Waals surface area contributed by atoms with E-state index in [0.717, 1.165) is 31.4 Å². The maximum atomic E-state index is 15.4. The summed E-state index contributed by atoms with van der Waals surface area (Å²) in [5, 5.41) is 23.0. The van der Waals surface area contributed by atoms with Gasteiger partial charge in [0.05, 0.1) is 64.8 Å². The van der Waals surface area contributed by atoms with Crippen LogP contribution < -0.4 is 14.4 Å². The van der Waals surface area contributed by atoms with Gasteiger partial charge in [-0.25, -0.2) is 0 Å². The molecular formula is C58H86Cl2IN3O15S. The first-order chi connectivity index (χ1) is 37.7. The maximum Gasteiger partial charge on any atom is 0.320 e. The van der Waals surface area contributed by atoms with Gasteiger partial charge in [-0.3, -0.25) is 19.4 Å². The number of anilines is 1. The number of carbonyl (C=O) groups excluding carboxylic acids is 3. The Kier molecular flexibility index (Phi) is 22.3. The summed E-state index contributed by atoms with van der Waals surface area (Å²) in [6.45, 7) is 16.9. The molecule has 5 heterocycles. The van der Waals surface area contributed by atoms with E-state index < -0.39 is 111 Å². The van der Waals surface area contributed by atoms with Crippen molar-refractivity contribution in [3.05, 3.63) is 46.2 Å². The lowest BCUT2D eigenvalue weighted by atomic mass is 9.72. The molecule has 7 rings (SSSR count). The molecule has 0 radical (unpaired) electrons. The van der Waals surface area contributed by atoms with Crippen molar-refractivity contribution in [1.82, 2.24) is 9.88 Å². The number of fused-ring (bicyclic) bond motifs is 1. The van der Waals surface area contributed by atoms with E-state index in [-0.39, 0.29) is 43.4 Å². The van der Waals surface area contributed by atoms with E-state index in [0.29, 0.717) is 45.8 Å². The molecule has 4 saturated heterocycles. The van der Waals surface area contributed by atoms with E-state index in [9.17, 15) is 15.0 Å². The Balaban J connectivity index is 1.25. The van der Waals surface area contributed by atoms with E-state index >= 15 is 9.59 Å². The normalized spacial score (nSPS) is 38.6. The number of likely N-dealkylation sites (N-methyl/N-ethyl adjacent to an activating group) is 1. The lowest BCUT2D eigenvalue weighted by Gasteiger charge is -2.49. The van der Waals surface area contributed by atoms with Gasteiger partial charge in [0.15, 0.2) is 33.8 Å². The van der Waals surface area contributed by atoms with Gasteiger partial charge in [0.2, 0.25) is 0 Å². The first-order valence-electron chi connectivity index (χ1n) is 28.1. The molecule has 1 unspecified atom stereocenters. The van der Waals surface area contributed by atoms with Gasteiger partial charge in [0.1, 0.15) is 23.2 Å². The predicted octanol–water partition coefficient (Wildman–Crippen LogP) is 9.08. The fraction of sp³-hybridized carbons (Fsp3) is 0.759. The molecule has 0 spiro atoms. The molecule has 18 nitrogen and oxygen atoms in total. The van der Waals surface area contributed by atoms with Crippen molar-refractivity contribution in [2.45, 2.75) is 201 Å². The number of hydrogen-bond acceptors (Lipinski definition) is 19. The highest BCUT2D eigenvalue weighted by Crippen LogP contribution is 2.50. The zero-order chi connectivity index (χ0) is 58.8. The van der Waals surface area contributed by atoms with Crippen LogP contribution >= 0.6 is 57.6 Å². The second kappa shape index (κ2) is 27.4. The number of thioether (sulfide) groups is 1. The number of ether oxygens (including phenoxy) is 10. The number of aliphatic hydroxyl groups is 2. The van der Waals surface area contributed by atoms with Gasteiger partial charge in [-0.05, 0) is 129 Å². The minimum atomic E-state index is -1.49. The van der Waals surface area contributed by atoms with Crippen LogP contribution in [-0.2, 0) is 58.8 Å². The fourth-order valence-electron chi connectivity index (χ4n) is 12.8. The van der Waals surface area contributed by atoms with E-state index in [1.165, 1.54) is 18.9 Å². The summed E-state index contributed by atoms with van der Waals surface area (Å²) in [7, 11) is 8.45. The molecule has 4 aliphatic heterocycles. The zero-order valence-corrected chi connectivity index (χ0v) is 53.3. The number of methoxy groups -OCH3 is 3. The van der Waals surface area contributed by atoms with Crippen LogP contribution in [0.5, 0.6) is 11.5 Å². The number of halogens is 3. The third-order valence-electron chi connectivity index (χ3n) is 17.7. The number of hydrogen-bond donors (Lipinski definition) is 2. The van der Waals surface area contributed by atoms with E-state index in [2.05, 4.69) is 9.88 Å². The quantitative estimate of drug-likeness (QED) is 0.0861. The summed E-state index contributed by atoms with van der Waals surface area (Å²) in [5.41, 5.74) is -2.40. The number of alkyl halides is 1. The van der Waals surface area contributed by atoms with Crippen LogP contribution in [-0.4, -0.2) is 173 Å². The predicted molar refractivity (Wildman–Crippen MR) is 314 cm³/mol. The fourth-order valence-corrected chi connectivity index (χ4v) is 15.6. The monoisotopic (exact) mass is 1290 g/mol. The number of cyclic esters (lactones) is 1. The number of esters is 2. The van der Waals surface area contributed by atoms with Gasteiger partial charge < -0.3 is 67.4 Å². The minimum Gasteiger partial charge on any atom is -0.493 e. The summed E-state index contributed by atoms with van der Waals surface area (Å²) in [5.74, 6) is -3.91. The Morgan fingerprint density at radius 2 is 1.52 bits per heavy atom. The highest BCUT2D eigenvalue weighted by atomic mass is 127. The molecule has 1 saturated carbocycles. The van der Waals surface area contributed by atoms with Crippen molar-refractivity contribution >= 4 is 81.0 Å². The smallest absolute Gasteiger partial charge is 0.320 e. The van der Waals surface area contributed by atoms with E-state index in [4.69, 9.17) is 70.6 Å². The van der Waals surface area contributed by atoms with Crippen LogP contribution in [0.25, 0.3) is 0 Å². The Bertz CT molecular complexity index is 2430. The number of aromatic nitrogens is 1. The molecule has 2 N–H and O–H groups in total. The van der Waals surface area contributed by atoms with Crippen LogP contribution in [0.2, 0.25) is 10.0 Å². The van der Waals surface area contributed by atoms with Crippen molar-refractivity contribution in [3.63, 3.8) is 0 Å². The van der Waals surface area contributed by atoms with Crippen LogP contribution in [0.4, 0.5) is 5.69 Å². The first kappa shape index (κ1) is 65.2. The Morgan fingerprint density at radius 1 is 0.863 bits per heavy atom. The Labute approximate surface area is 501 Å². The number of ketones is 1. The molecule has 1 aliphatic carbocycles. The van der Waals surface area contributed by atoms with E-state index in [1.54, 1.807) is 54.3 Å². The molecule has 0 bridgehead atoms. The Morgan fingerprint density at radius 3 is 2.15 bits per heavy atom. The third-order valence-corrected chi connectivity index (χ3v) is 21.1. The molecule has 5 aliphatic rings. The number of Topliss-reactive ketones (excluding diaryl/α,β-unsaturated/α-hetero) is 1. The van der Waals surface area contributed by atoms with Crippen molar-refractivity contribution in [1.29, 1.82) is 0 Å². The number of carbonyl (C=O) groups is 3. The lowest BCUT2D eigenvalue weighted by Crippen LogP contribution is -2.61. The van der Waals surface area contributed by atoms with Crippen molar-refractivity contribution in [3.8, 4) is 11.5 Å². The molecular weight excluding hydrogens is 1210 g/mol. The number of rotatable bonds is 17. The minimum absolute atomic E-state index is 0.0665. The van der Waals surface area contributed by atoms with Gasteiger partial charge in [-0.15, -0.1) is 11.8 Å². The maximum absolute atomic E-state index is 15.4. The van der Waals surface area contributed by atoms with Crippen molar-refractivity contribution < 1.29 is 72.0 Å². The number of aliphatic hydroxyl groups excluding tert-OH is 2. The molecule has 22 heteroatoms. The lowest BCUT2D eigenvalue weighted by molar-refractivity contribution is -0.319. The third kappa shape index (κ3) is 14.2. The highest BCUT2D eigenvalue weighted by Gasteiger charge is 2.62. The van der Waals surface area contributed by atoms with Gasteiger partial charge >= 0.3 is 11.9 Å². The van der Waals surface area contributed by atoms with Crippen molar-refractivity contribution in [2.24, 2.45) is 29.6 Å². The van der Waals surface area contributed by atoms with Crippen LogP contribution in [0.3, 0.4) is 0 Å². The van der Waals surface area contributed by atoms with E-state index in [1.807, 2.05) is 94.4 Å². The molecule has 80 heavy (non-hydrogen) atoms. The summed E-state index contributed by atoms with van der Waals surface area (Å²) >= 11 is 16.9. The number of benzene rings is 1. The average Bonchev–Trinajstić information content (AvgIpc) is 4.07. The second-order valence-corrected chi connectivity index (χ2v) is 26.9. The topological polar surface area (TPSA) is 203 Å². The summed E-state index contributed by atoms with van der Waals surface area (Å²) < 4.78 is 63.1. The van der Waals surface area contributed by atoms with Crippen LogP contribution in [0, 0.1) is 29.6 Å². The van der Waals surface area contributed by atoms with Crippen LogP contribution in [0.1, 0.15) is 113 Å². The zero-order valence-electron chi connectivity index (χ0n) is 48.9. The first-order valence-corrected chi connectivity index (χ1v) is 31.1. The van der Waals surface area contributed by atoms with Crippen molar-refractivity contribution in [2.75, 3.05) is 52.6 Å². The largest absolute Gasteiger partial charge is 0.493 e. The molecule has 1 aromatic carbocycles. The molecule has 2 aromatic rings. The number of pyridine rings is 1. The van der Waals surface area contributed by atoms with Crippen LogP contribution in [0.15, 0.2) is 30.6 Å². The average molecular weight is 1300 g/mol. The molecule has 0 amide bonds. The van der Waals surface area contributed by atoms with Gasteiger partial charge in [-0.1, -0.05) is 44.0 Å². The SMILES string of the molecule is COc1ccc(N(CCSC2C(=O)O[C@@]3(C)[C@H]2[C@@H](C)C(=O)[C@H](C)C[C@@](C)(OC)[C@H](O[C@@H]2O[C@H](C)C[C@H](N(C)C)[C@H]2O)[C@@H](C)[C@H](O[C@H]2C[C@@](C)(OC)[C@@H](O)[C@H](C)O2)[C@@H](C)C(=O)O[C@@H]3I)Cc2c(Cl)cncc2Cl)cc1OC1CCCC1. The van der Waals surface area contributed by atoms with Gasteiger partial charge in [0.25, 0.3) is 0 Å². The Hall–Kier alpha value is -2.32. The van der Waals surface area contributed by atoms with Gasteiger partial charge in [-0.2, -0.15) is 0 Å². The highest BCUT2D eigenvalue weighted by molar-refractivity contribution is 14.1. The molecule has 450 valence electrons. The molecule has 1 aromatic heterocycles. The molecule has 5 fully saturated rings. The molecule has 19 atom stereocenters.